The molecule has 1 fully saturated rings. The number of aliphatic hydroxyl groups is 2. The van der Waals surface area contributed by atoms with Crippen LogP contribution in [0.2, 0.25) is 5.02 Å². The molecular weight excluding hydrogens is 626 g/mol. The average Bonchev–Trinajstić information content (AvgIpc) is 3.54. The normalized spacial score (nSPS) is 21.5. The fourth-order valence-electron chi connectivity index (χ4n) is 6.22. The Hall–Kier alpha value is -3.88. The number of nitrogens with zero attached hydrogens (tertiary/aromatic N) is 3. The zero-order chi connectivity index (χ0) is 32.8. The van der Waals surface area contributed by atoms with E-state index in [0.717, 1.165) is 0 Å². The van der Waals surface area contributed by atoms with Crippen LogP contribution in [0.5, 0.6) is 17.2 Å². The molecule has 0 aliphatic carbocycles. The van der Waals surface area contributed by atoms with Crippen molar-refractivity contribution in [3.63, 3.8) is 0 Å². The SMILES string of the molecule is COc1ccc(S(=O)(=O)N2C(=O)C(c3cc(CO)ccc3OC)(N3C[C@H](O)C[C@H]3C(=O)N(C)C)c3cc(Cl)ccc32)c(OC)c1. The fraction of sp³-hybridized carbons (Fsp3) is 0.355. The Kier molecular flexibility index (Phi) is 8.77. The van der Waals surface area contributed by atoms with Gasteiger partial charge in [-0.2, -0.15) is 0 Å². The summed E-state index contributed by atoms with van der Waals surface area (Å²) in [5.41, 5.74) is -1.37. The molecule has 3 aromatic carbocycles. The van der Waals surface area contributed by atoms with E-state index in [2.05, 4.69) is 0 Å². The van der Waals surface area contributed by atoms with Crippen LogP contribution in [0.4, 0.5) is 5.69 Å². The van der Waals surface area contributed by atoms with Crippen LogP contribution in [-0.4, -0.2) is 94.4 Å². The molecule has 240 valence electrons. The van der Waals surface area contributed by atoms with E-state index >= 15 is 4.79 Å². The predicted octanol–water partition coefficient (Wildman–Crippen LogP) is 2.36. The second-order valence-electron chi connectivity index (χ2n) is 10.9. The number of hydrogen-bond acceptors (Lipinski definition) is 10. The Bertz CT molecular complexity index is 1770. The largest absolute Gasteiger partial charge is 0.497 e. The molecule has 3 aromatic rings. The number of carbonyl (C=O) groups is 2. The van der Waals surface area contributed by atoms with E-state index in [1.54, 1.807) is 26.2 Å². The number of hydrogen-bond donors (Lipinski definition) is 2. The topological polar surface area (TPSA) is 146 Å². The van der Waals surface area contributed by atoms with Crippen molar-refractivity contribution < 1.29 is 42.4 Å². The van der Waals surface area contributed by atoms with Gasteiger partial charge in [-0.05, 0) is 54.4 Å². The minimum atomic E-state index is -4.71. The molecule has 2 N–H and O–H groups in total. The van der Waals surface area contributed by atoms with E-state index in [1.807, 2.05) is 0 Å². The summed E-state index contributed by atoms with van der Waals surface area (Å²) in [5.74, 6) is -0.909. The summed E-state index contributed by atoms with van der Waals surface area (Å²) in [5, 5.41) is 21.3. The number of likely N-dealkylation sites (tertiary alicyclic amines) is 1. The number of halogens is 1. The highest BCUT2D eigenvalue weighted by atomic mass is 35.5. The van der Waals surface area contributed by atoms with Gasteiger partial charge in [-0.1, -0.05) is 17.7 Å². The van der Waals surface area contributed by atoms with Crippen molar-refractivity contribution in [1.29, 1.82) is 0 Å². The van der Waals surface area contributed by atoms with E-state index in [1.165, 1.54) is 73.6 Å². The van der Waals surface area contributed by atoms with Gasteiger partial charge in [-0.15, -0.1) is 0 Å². The first kappa shape index (κ1) is 32.5. The van der Waals surface area contributed by atoms with Crippen molar-refractivity contribution in [1.82, 2.24) is 9.80 Å². The van der Waals surface area contributed by atoms with E-state index < -0.39 is 46.1 Å². The smallest absolute Gasteiger partial charge is 0.274 e. The molecule has 0 aromatic heterocycles. The molecule has 1 saturated heterocycles. The molecule has 3 atom stereocenters. The number of amides is 2. The van der Waals surface area contributed by atoms with Crippen LogP contribution >= 0.6 is 11.6 Å². The van der Waals surface area contributed by atoms with Crippen molar-refractivity contribution in [2.24, 2.45) is 0 Å². The highest BCUT2D eigenvalue weighted by molar-refractivity contribution is 7.93. The second-order valence-corrected chi connectivity index (χ2v) is 13.1. The maximum Gasteiger partial charge on any atom is 0.274 e. The Balaban J connectivity index is 1.89. The minimum Gasteiger partial charge on any atom is -0.497 e. The molecule has 0 bridgehead atoms. The van der Waals surface area contributed by atoms with Gasteiger partial charge >= 0.3 is 0 Å². The van der Waals surface area contributed by atoms with E-state index in [0.29, 0.717) is 15.6 Å². The molecule has 2 aliphatic heterocycles. The highest BCUT2D eigenvalue weighted by Gasteiger charge is 2.64. The summed E-state index contributed by atoms with van der Waals surface area (Å²) in [6.07, 6.45) is -1.06. The van der Waals surface area contributed by atoms with Crippen LogP contribution in [-0.2, 0) is 31.8 Å². The van der Waals surface area contributed by atoms with Gasteiger partial charge in [-0.25, -0.2) is 12.7 Å². The van der Waals surface area contributed by atoms with Crippen LogP contribution in [0.15, 0.2) is 59.5 Å². The minimum absolute atomic E-state index is 0.0174. The van der Waals surface area contributed by atoms with Gasteiger partial charge in [0.05, 0.1) is 45.8 Å². The maximum absolute atomic E-state index is 15.3. The van der Waals surface area contributed by atoms with Crippen molar-refractivity contribution >= 4 is 39.1 Å². The third-order valence-electron chi connectivity index (χ3n) is 8.22. The lowest BCUT2D eigenvalue weighted by Gasteiger charge is -2.42. The van der Waals surface area contributed by atoms with Crippen molar-refractivity contribution in [3.8, 4) is 17.2 Å². The summed E-state index contributed by atoms with van der Waals surface area (Å²) >= 11 is 6.54. The van der Waals surface area contributed by atoms with E-state index in [4.69, 9.17) is 25.8 Å². The Labute approximate surface area is 266 Å². The lowest BCUT2D eigenvalue weighted by atomic mass is 9.80. The number of sulfonamides is 1. The number of rotatable bonds is 9. The quantitative estimate of drug-likeness (QED) is 0.351. The molecule has 12 nitrogen and oxygen atoms in total. The summed E-state index contributed by atoms with van der Waals surface area (Å²) in [6.45, 7) is -0.578. The Morgan fingerprint density at radius 2 is 1.71 bits per heavy atom. The molecule has 0 saturated carbocycles. The summed E-state index contributed by atoms with van der Waals surface area (Å²) < 4.78 is 46.3. The second kappa shape index (κ2) is 12.1. The Morgan fingerprint density at radius 1 is 1.00 bits per heavy atom. The van der Waals surface area contributed by atoms with Gasteiger partial charge in [-0.3, -0.25) is 14.5 Å². The number of β-amino-alcohol motifs (C(OH)–C–C–N with tert-alkyl or cyclic N) is 1. The maximum atomic E-state index is 15.3. The van der Waals surface area contributed by atoms with Gasteiger partial charge in [0.25, 0.3) is 15.9 Å². The lowest BCUT2D eigenvalue weighted by Crippen LogP contribution is -2.59. The predicted molar refractivity (Wildman–Crippen MR) is 165 cm³/mol. The third-order valence-corrected chi connectivity index (χ3v) is 10.2. The molecule has 0 spiro atoms. The first-order valence-corrected chi connectivity index (χ1v) is 15.7. The van der Waals surface area contributed by atoms with Crippen LogP contribution in [0.1, 0.15) is 23.1 Å². The number of likely N-dealkylation sites (N-methyl/N-ethyl adjacent to an activating group) is 1. The van der Waals surface area contributed by atoms with Crippen LogP contribution in [0, 0.1) is 0 Å². The lowest BCUT2D eigenvalue weighted by molar-refractivity contribution is -0.138. The van der Waals surface area contributed by atoms with Gasteiger partial charge in [0.2, 0.25) is 5.91 Å². The highest BCUT2D eigenvalue weighted by Crippen LogP contribution is 2.55. The molecule has 0 radical (unpaired) electrons. The number of carbonyl (C=O) groups excluding carboxylic acids is 2. The number of ether oxygens (including phenoxy) is 3. The van der Waals surface area contributed by atoms with Gasteiger partial charge in [0.15, 0.2) is 5.54 Å². The average molecular weight is 660 g/mol. The number of benzene rings is 3. The zero-order valence-electron chi connectivity index (χ0n) is 25.4. The van der Waals surface area contributed by atoms with Crippen molar-refractivity contribution in [3.05, 3.63) is 76.3 Å². The number of methoxy groups -OCH3 is 3. The molecule has 2 aliphatic rings. The van der Waals surface area contributed by atoms with E-state index in [9.17, 15) is 23.4 Å². The standard InChI is InChI=1S/C31H34ClN3O9S/c1-33(2)29(38)25-14-20(37)16-34(25)31(23-12-18(17-36)6-10-26(23)43-4)22-13-19(32)7-9-24(22)35(30(31)39)45(40,41)28-11-8-21(42-3)15-27(28)44-5/h6-13,15,20,25,36-37H,14,16-17H2,1-5H3/t20-,25+,31?/m1/s1. The summed E-state index contributed by atoms with van der Waals surface area (Å²) in [4.78, 5) is 31.5. The van der Waals surface area contributed by atoms with Crippen molar-refractivity contribution in [2.45, 2.75) is 35.6 Å². The van der Waals surface area contributed by atoms with Crippen LogP contribution < -0.4 is 18.5 Å². The van der Waals surface area contributed by atoms with Gasteiger partial charge in [0.1, 0.15) is 22.1 Å². The van der Waals surface area contributed by atoms with Gasteiger partial charge in [0, 0.05) is 42.9 Å². The zero-order valence-corrected chi connectivity index (χ0v) is 26.9. The molecule has 5 rings (SSSR count). The Morgan fingerprint density at radius 3 is 2.33 bits per heavy atom. The number of anilines is 1. The summed E-state index contributed by atoms with van der Waals surface area (Å²) in [7, 11) is 2.51. The molecule has 14 heteroatoms. The van der Waals surface area contributed by atoms with E-state index in [-0.39, 0.29) is 51.2 Å². The molecular formula is C31H34ClN3O9S. The molecule has 2 amide bonds. The third kappa shape index (κ3) is 5.08. The molecule has 2 heterocycles. The van der Waals surface area contributed by atoms with Crippen molar-refractivity contribution in [2.75, 3.05) is 46.3 Å². The number of aliphatic hydroxyl groups excluding tert-OH is 2. The van der Waals surface area contributed by atoms with Crippen LogP contribution in [0.25, 0.3) is 0 Å². The summed E-state index contributed by atoms with van der Waals surface area (Å²) in [6, 6.07) is 12.1. The first-order chi connectivity index (χ1) is 21.4. The first-order valence-electron chi connectivity index (χ1n) is 13.9. The molecule has 1 unspecified atom stereocenters. The molecule has 45 heavy (non-hydrogen) atoms. The fourth-order valence-corrected chi connectivity index (χ4v) is 7.99. The van der Waals surface area contributed by atoms with Gasteiger partial charge < -0.3 is 29.3 Å². The monoisotopic (exact) mass is 659 g/mol. The number of fused-ring (bicyclic) bond motifs is 1. The van der Waals surface area contributed by atoms with Crippen LogP contribution in [0.3, 0.4) is 0 Å².